The molecule has 0 aliphatic heterocycles. The van der Waals surface area contributed by atoms with E-state index in [2.05, 4.69) is 46.7 Å². The molecule has 2 aromatic rings. The predicted molar refractivity (Wildman–Crippen MR) is 74.0 cm³/mol. The van der Waals surface area contributed by atoms with E-state index in [1.165, 1.54) is 11.9 Å². The Morgan fingerprint density at radius 3 is 2.94 bits per heavy atom. The Bertz CT molecular complexity index is 569. The van der Waals surface area contributed by atoms with Crippen LogP contribution in [0.2, 0.25) is 0 Å². The standard InChI is InChI=1S/C15H15N3/c1-3-12-6-5-7-13(10-12)14(4-2)18-15-8-9-16-11-17-15/h5-11H,2-3H2,1H3,(H,16,17,18). The monoisotopic (exact) mass is 237 g/mol. The van der Waals surface area contributed by atoms with E-state index >= 15 is 0 Å². The number of nitrogens with one attached hydrogen (secondary N) is 1. The molecule has 0 saturated heterocycles. The quantitative estimate of drug-likeness (QED) is 0.829. The van der Waals surface area contributed by atoms with Gasteiger partial charge in [0.1, 0.15) is 12.1 Å². The highest BCUT2D eigenvalue weighted by atomic mass is 15.0. The Morgan fingerprint density at radius 1 is 1.39 bits per heavy atom. The highest BCUT2D eigenvalue weighted by Gasteiger charge is 2.02. The van der Waals surface area contributed by atoms with Crippen molar-refractivity contribution in [2.24, 2.45) is 0 Å². The van der Waals surface area contributed by atoms with Crippen molar-refractivity contribution in [3.05, 3.63) is 66.3 Å². The first-order chi connectivity index (χ1) is 8.83. The van der Waals surface area contributed by atoms with Crippen LogP contribution in [0.25, 0.3) is 5.70 Å². The fraction of sp³-hybridized carbons (Fsp3) is 0.133. The second kappa shape index (κ2) is 5.80. The van der Waals surface area contributed by atoms with Crippen molar-refractivity contribution in [2.75, 3.05) is 5.32 Å². The molecular formula is C15H15N3. The van der Waals surface area contributed by atoms with Gasteiger partial charge in [-0.25, -0.2) is 9.97 Å². The number of aryl methyl sites for hydroxylation is 1. The van der Waals surface area contributed by atoms with E-state index < -0.39 is 0 Å². The van der Waals surface area contributed by atoms with E-state index in [1.807, 2.05) is 12.1 Å². The first-order valence-electron chi connectivity index (χ1n) is 5.86. The molecule has 0 spiro atoms. The van der Waals surface area contributed by atoms with Crippen molar-refractivity contribution in [3.63, 3.8) is 0 Å². The van der Waals surface area contributed by atoms with E-state index in [0.717, 1.165) is 23.5 Å². The molecule has 18 heavy (non-hydrogen) atoms. The number of aromatic nitrogens is 2. The van der Waals surface area contributed by atoms with Crippen LogP contribution in [-0.4, -0.2) is 9.97 Å². The van der Waals surface area contributed by atoms with Crippen molar-refractivity contribution in [2.45, 2.75) is 13.3 Å². The van der Waals surface area contributed by atoms with Crippen LogP contribution in [0.3, 0.4) is 0 Å². The Kier molecular flexibility index (Phi) is 3.90. The summed E-state index contributed by atoms with van der Waals surface area (Å²) in [4.78, 5) is 8.01. The molecule has 0 fully saturated rings. The average molecular weight is 237 g/mol. The molecular weight excluding hydrogens is 222 g/mol. The van der Waals surface area contributed by atoms with Crippen LogP contribution in [0.1, 0.15) is 18.1 Å². The molecule has 0 atom stereocenters. The molecule has 3 nitrogen and oxygen atoms in total. The van der Waals surface area contributed by atoms with Crippen molar-refractivity contribution in [1.82, 2.24) is 9.97 Å². The normalized spacial score (nSPS) is 9.61. The maximum Gasteiger partial charge on any atom is 0.134 e. The van der Waals surface area contributed by atoms with Gasteiger partial charge in [0.2, 0.25) is 0 Å². The highest BCUT2D eigenvalue weighted by molar-refractivity contribution is 5.74. The molecule has 1 aromatic carbocycles. The average Bonchev–Trinajstić information content (AvgIpc) is 2.46. The Morgan fingerprint density at radius 2 is 2.28 bits per heavy atom. The predicted octanol–water partition coefficient (Wildman–Crippen LogP) is 3.28. The zero-order valence-electron chi connectivity index (χ0n) is 10.4. The van der Waals surface area contributed by atoms with Crippen LogP contribution in [-0.2, 0) is 6.42 Å². The number of benzene rings is 1. The Balaban J connectivity index is 2.27. The molecule has 0 bridgehead atoms. The minimum absolute atomic E-state index is 0.734. The van der Waals surface area contributed by atoms with E-state index in [1.54, 1.807) is 12.3 Å². The van der Waals surface area contributed by atoms with Gasteiger partial charge in [0.25, 0.3) is 0 Å². The second-order valence-electron chi connectivity index (χ2n) is 3.83. The lowest BCUT2D eigenvalue weighted by atomic mass is 10.1. The van der Waals surface area contributed by atoms with Gasteiger partial charge in [-0.2, -0.15) is 0 Å². The van der Waals surface area contributed by atoms with Gasteiger partial charge in [0.15, 0.2) is 0 Å². The number of rotatable bonds is 4. The third kappa shape index (κ3) is 2.84. The summed E-state index contributed by atoms with van der Waals surface area (Å²) in [6.45, 7) is 5.85. The summed E-state index contributed by atoms with van der Waals surface area (Å²) in [5, 5.41) is 3.19. The zero-order chi connectivity index (χ0) is 12.8. The minimum Gasteiger partial charge on any atom is -0.333 e. The molecule has 0 amide bonds. The van der Waals surface area contributed by atoms with E-state index in [0.29, 0.717) is 0 Å². The molecule has 0 saturated carbocycles. The zero-order valence-corrected chi connectivity index (χ0v) is 10.4. The van der Waals surface area contributed by atoms with Crippen LogP contribution in [0, 0.1) is 0 Å². The topological polar surface area (TPSA) is 37.8 Å². The smallest absolute Gasteiger partial charge is 0.134 e. The molecule has 1 heterocycles. The first-order valence-corrected chi connectivity index (χ1v) is 5.86. The van der Waals surface area contributed by atoms with E-state index in [-0.39, 0.29) is 0 Å². The van der Waals surface area contributed by atoms with E-state index in [4.69, 9.17) is 0 Å². The van der Waals surface area contributed by atoms with Gasteiger partial charge >= 0.3 is 0 Å². The summed E-state index contributed by atoms with van der Waals surface area (Å²) in [6, 6.07) is 10.1. The first kappa shape index (κ1) is 12.1. The summed E-state index contributed by atoms with van der Waals surface area (Å²) in [7, 11) is 0. The SMILES string of the molecule is C=C=C(Nc1ccncn1)c1cccc(CC)c1. The lowest BCUT2D eigenvalue weighted by Gasteiger charge is -2.09. The van der Waals surface area contributed by atoms with Crippen LogP contribution >= 0.6 is 0 Å². The molecule has 0 aliphatic carbocycles. The Labute approximate surface area is 107 Å². The Hall–Kier alpha value is -2.38. The van der Waals surface area contributed by atoms with Gasteiger partial charge in [-0.3, -0.25) is 0 Å². The number of nitrogens with zero attached hydrogens (tertiary/aromatic N) is 2. The lowest BCUT2D eigenvalue weighted by Crippen LogP contribution is -2.00. The van der Waals surface area contributed by atoms with Gasteiger partial charge in [-0.05, 0) is 24.1 Å². The molecule has 1 aromatic heterocycles. The molecule has 2 rings (SSSR count). The second-order valence-corrected chi connectivity index (χ2v) is 3.83. The van der Waals surface area contributed by atoms with Crippen molar-refractivity contribution in [3.8, 4) is 0 Å². The van der Waals surface area contributed by atoms with Crippen molar-refractivity contribution in [1.29, 1.82) is 0 Å². The summed E-state index contributed by atoms with van der Waals surface area (Å²) in [5.41, 5.74) is 6.08. The minimum atomic E-state index is 0.734. The molecule has 0 aliphatic rings. The molecule has 90 valence electrons. The van der Waals surface area contributed by atoms with Gasteiger partial charge in [0.05, 0.1) is 5.70 Å². The number of hydrogen-bond donors (Lipinski definition) is 1. The third-order valence-electron chi connectivity index (χ3n) is 2.64. The maximum absolute atomic E-state index is 4.12. The van der Waals surface area contributed by atoms with Crippen molar-refractivity contribution < 1.29 is 0 Å². The van der Waals surface area contributed by atoms with Gasteiger partial charge in [-0.1, -0.05) is 31.7 Å². The summed E-state index contributed by atoms with van der Waals surface area (Å²) < 4.78 is 0. The van der Waals surface area contributed by atoms with Crippen LogP contribution in [0.4, 0.5) is 5.82 Å². The van der Waals surface area contributed by atoms with Crippen LogP contribution < -0.4 is 5.32 Å². The molecule has 0 unspecified atom stereocenters. The fourth-order valence-corrected chi connectivity index (χ4v) is 1.66. The fourth-order valence-electron chi connectivity index (χ4n) is 1.66. The molecule has 1 N–H and O–H groups in total. The number of anilines is 1. The van der Waals surface area contributed by atoms with Gasteiger partial charge in [-0.15, -0.1) is 5.73 Å². The van der Waals surface area contributed by atoms with E-state index in [9.17, 15) is 0 Å². The largest absolute Gasteiger partial charge is 0.333 e. The highest BCUT2D eigenvalue weighted by Crippen LogP contribution is 2.17. The molecule has 3 heteroatoms. The third-order valence-corrected chi connectivity index (χ3v) is 2.64. The van der Waals surface area contributed by atoms with Crippen LogP contribution in [0.15, 0.2) is 55.2 Å². The number of hydrogen-bond acceptors (Lipinski definition) is 3. The van der Waals surface area contributed by atoms with Crippen LogP contribution in [0.5, 0.6) is 0 Å². The van der Waals surface area contributed by atoms with Gasteiger partial charge < -0.3 is 5.32 Å². The summed E-state index contributed by atoms with van der Waals surface area (Å²) in [6.07, 6.45) is 4.20. The van der Waals surface area contributed by atoms with Gasteiger partial charge in [0, 0.05) is 11.8 Å². The lowest BCUT2D eigenvalue weighted by molar-refractivity contribution is 1.14. The van der Waals surface area contributed by atoms with Crippen molar-refractivity contribution >= 4 is 11.5 Å². The molecule has 0 radical (unpaired) electrons. The summed E-state index contributed by atoms with van der Waals surface area (Å²) >= 11 is 0. The maximum atomic E-state index is 4.12. The summed E-state index contributed by atoms with van der Waals surface area (Å²) in [5.74, 6) is 0.734.